The molecule has 7 nitrogen and oxygen atoms in total. The van der Waals surface area contributed by atoms with Crippen LogP contribution in [0.4, 0.5) is 36.4 Å². The van der Waals surface area contributed by atoms with Gasteiger partial charge in [0.05, 0.1) is 46.3 Å². The predicted octanol–water partition coefficient (Wildman–Crippen LogP) is 6.33. The van der Waals surface area contributed by atoms with Gasteiger partial charge in [0.25, 0.3) is 10.0 Å². The van der Waals surface area contributed by atoms with Crippen LogP contribution < -0.4 is 4.90 Å². The summed E-state index contributed by atoms with van der Waals surface area (Å²) in [5, 5.41) is 4.02. The van der Waals surface area contributed by atoms with Gasteiger partial charge >= 0.3 is 12.4 Å². The maximum absolute atomic E-state index is 14.0. The van der Waals surface area contributed by atoms with Gasteiger partial charge < -0.3 is 4.90 Å². The van der Waals surface area contributed by atoms with Gasteiger partial charge in [-0.1, -0.05) is 6.07 Å². The molecule has 0 bridgehead atoms. The van der Waals surface area contributed by atoms with Crippen molar-refractivity contribution in [3.63, 3.8) is 0 Å². The molecule has 0 saturated heterocycles. The van der Waals surface area contributed by atoms with Crippen LogP contribution in [0, 0.1) is 12.7 Å². The molecule has 0 N–H and O–H groups in total. The Kier molecular flexibility index (Phi) is 7.41. The van der Waals surface area contributed by atoms with E-state index in [0.29, 0.717) is 27.3 Å². The molecule has 0 aliphatic rings. The topological polar surface area (TPSA) is 85.2 Å². The number of aryl methyl sites for hydroxylation is 1. The standard InChI is InChI=1S/C27H23F7N4O3S/c1-14-8-18(28)6-7-19(14)22-20-12-36-38(42(5,40)41)23(20)35-13-21(22)37(4)24(39)25(2,3)15-9-16(26(29,30)31)11-17(10-15)27(32,33)34/h6-13H,1-5H3. The number of rotatable bonds is 5. The number of anilines is 1. The van der Waals surface area contributed by atoms with E-state index in [-0.39, 0.29) is 28.4 Å². The molecule has 0 radical (unpaired) electrons. The van der Waals surface area contributed by atoms with E-state index in [0.717, 1.165) is 23.4 Å². The van der Waals surface area contributed by atoms with E-state index in [9.17, 15) is 43.9 Å². The van der Waals surface area contributed by atoms with Crippen LogP contribution in [0.25, 0.3) is 22.2 Å². The summed E-state index contributed by atoms with van der Waals surface area (Å²) in [5.41, 5.74) is -4.80. The van der Waals surface area contributed by atoms with Crippen molar-refractivity contribution in [3.8, 4) is 11.1 Å². The summed E-state index contributed by atoms with van der Waals surface area (Å²) in [6, 6.07) is 4.66. The molecule has 0 atom stereocenters. The van der Waals surface area contributed by atoms with Crippen LogP contribution >= 0.6 is 0 Å². The number of amides is 1. The van der Waals surface area contributed by atoms with Crippen molar-refractivity contribution in [1.29, 1.82) is 0 Å². The summed E-state index contributed by atoms with van der Waals surface area (Å²) < 4.78 is 120. The molecule has 0 aliphatic carbocycles. The number of fused-ring (bicyclic) bond motifs is 1. The van der Waals surface area contributed by atoms with E-state index in [4.69, 9.17) is 0 Å². The van der Waals surface area contributed by atoms with E-state index in [1.807, 2.05) is 0 Å². The highest BCUT2D eigenvalue weighted by Gasteiger charge is 2.41. The largest absolute Gasteiger partial charge is 0.416 e. The van der Waals surface area contributed by atoms with Crippen molar-refractivity contribution in [2.45, 2.75) is 38.5 Å². The van der Waals surface area contributed by atoms with Crippen molar-refractivity contribution >= 4 is 32.7 Å². The predicted molar refractivity (Wildman–Crippen MR) is 141 cm³/mol. The molecule has 2 heterocycles. The molecule has 0 spiro atoms. The van der Waals surface area contributed by atoms with Gasteiger partial charge in [-0.15, -0.1) is 4.09 Å². The Hall–Kier alpha value is -4.01. The molecule has 0 aliphatic heterocycles. The third-order valence-corrected chi connectivity index (χ3v) is 7.73. The van der Waals surface area contributed by atoms with Crippen molar-refractivity contribution in [1.82, 2.24) is 14.2 Å². The number of carbonyl (C=O) groups excluding carboxylic acids is 1. The fraction of sp³-hybridized carbons (Fsp3) is 0.296. The van der Waals surface area contributed by atoms with Crippen LogP contribution in [0.2, 0.25) is 0 Å². The molecule has 2 aromatic carbocycles. The highest BCUT2D eigenvalue weighted by atomic mass is 32.2. The summed E-state index contributed by atoms with van der Waals surface area (Å²) in [7, 11) is -2.68. The Labute approximate surface area is 235 Å². The molecule has 0 saturated carbocycles. The molecule has 0 fully saturated rings. The van der Waals surface area contributed by atoms with Crippen molar-refractivity contribution < 1.29 is 43.9 Å². The first-order valence-corrected chi connectivity index (χ1v) is 13.9. The number of hydrogen-bond acceptors (Lipinski definition) is 5. The van der Waals surface area contributed by atoms with Crippen LogP contribution in [0.3, 0.4) is 0 Å². The molecule has 0 unspecified atom stereocenters. The average molecular weight is 617 g/mol. The zero-order chi connectivity index (χ0) is 31.6. The third kappa shape index (κ3) is 5.56. The second kappa shape index (κ2) is 10.1. The second-order valence-electron chi connectivity index (χ2n) is 10.2. The van der Waals surface area contributed by atoms with Crippen LogP contribution in [0.1, 0.15) is 36.1 Å². The van der Waals surface area contributed by atoms with Gasteiger partial charge in [0.15, 0.2) is 5.65 Å². The number of halogens is 7. The lowest BCUT2D eigenvalue weighted by Crippen LogP contribution is -2.42. The molecule has 224 valence electrons. The Morgan fingerprint density at radius 1 is 0.905 bits per heavy atom. The summed E-state index contributed by atoms with van der Waals surface area (Å²) >= 11 is 0. The first kappa shape index (κ1) is 30.9. The average Bonchev–Trinajstić information content (AvgIpc) is 3.31. The van der Waals surface area contributed by atoms with Crippen LogP contribution in [-0.2, 0) is 32.6 Å². The first-order valence-electron chi connectivity index (χ1n) is 12.1. The van der Waals surface area contributed by atoms with Crippen molar-refractivity contribution in [2.75, 3.05) is 18.2 Å². The van der Waals surface area contributed by atoms with Crippen molar-refractivity contribution in [2.24, 2.45) is 0 Å². The van der Waals surface area contributed by atoms with Gasteiger partial charge in [0, 0.05) is 12.6 Å². The molecular formula is C27H23F7N4O3S. The van der Waals surface area contributed by atoms with E-state index in [2.05, 4.69) is 10.1 Å². The van der Waals surface area contributed by atoms with Gasteiger partial charge in [0.2, 0.25) is 5.91 Å². The Bertz CT molecular complexity index is 1800. The van der Waals surface area contributed by atoms with Crippen molar-refractivity contribution in [3.05, 3.63) is 76.9 Å². The number of hydrogen-bond donors (Lipinski definition) is 0. The number of benzene rings is 2. The Morgan fingerprint density at radius 2 is 1.45 bits per heavy atom. The molecule has 1 amide bonds. The minimum Gasteiger partial charge on any atom is -0.313 e. The minimum atomic E-state index is -5.12. The Morgan fingerprint density at radius 3 is 1.95 bits per heavy atom. The van der Waals surface area contributed by atoms with Gasteiger partial charge in [-0.05, 0) is 67.8 Å². The van der Waals surface area contributed by atoms with Crippen LogP contribution in [0.5, 0.6) is 0 Å². The summed E-state index contributed by atoms with van der Waals surface area (Å²) in [4.78, 5) is 19.0. The Balaban J connectivity index is 1.94. The quantitative estimate of drug-likeness (QED) is 0.245. The van der Waals surface area contributed by atoms with Crippen LogP contribution in [0.15, 0.2) is 48.8 Å². The van der Waals surface area contributed by atoms with Gasteiger partial charge in [-0.2, -0.15) is 31.4 Å². The third-order valence-electron chi connectivity index (χ3n) is 6.83. The fourth-order valence-electron chi connectivity index (χ4n) is 4.60. The normalized spacial score (nSPS) is 13.0. The SMILES string of the molecule is Cc1cc(F)ccc1-c1c(N(C)C(=O)C(C)(C)c2cc(C(F)(F)F)cc(C(F)(F)F)c2)cnc2c1cnn2S(C)(=O)=O. The lowest BCUT2D eigenvalue weighted by molar-refractivity contribution is -0.143. The van der Waals surface area contributed by atoms with Gasteiger partial charge in [-0.3, -0.25) is 4.79 Å². The molecule has 4 aromatic rings. The fourth-order valence-corrected chi connectivity index (χ4v) is 5.28. The smallest absolute Gasteiger partial charge is 0.313 e. The highest BCUT2D eigenvalue weighted by Crippen LogP contribution is 2.42. The number of alkyl halides is 6. The summed E-state index contributed by atoms with van der Waals surface area (Å²) in [5.74, 6) is -1.49. The number of aromatic nitrogens is 3. The molecule has 2 aromatic heterocycles. The lowest BCUT2D eigenvalue weighted by Gasteiger charge is -2.32. The van der Waals surface area contributed by atoms with E-state index in [1.54, 1.807) is 6.92 Å². The number of pyridine rings is 1. The number of nitrogens with zero attached hydrogens (tertiary/aromatic N) is 4. The number of carbonyl (C=O) groups is 1. The summed E-state index contributed by atoms with van der Waals surface area (Å²) in [6.07, 6.45) is -7.05. The molecular weight excluding hydrogens is 593 g/mol. The lowest BCUT2D eigenvalue weighted by atomic mass is 9.81. The zero-order valence-electron chi connectivity index (χ0n) is 22.7. The minimum absolute atomic E-state index is 0.0198. The van der Waals surface area contributed by atoms with Gasteiger partial charge in [0.1, 0.15) is 5.82 Å². The zero-order valence-corrected chi connectivity index (χ0v) is 23.5. The molecule has 4 rings (SSSR count). The number of likely N-dealkylation sites (N-methyl/N-ethyl adjacent to an activating group) is 1. The van der Waals surface area contributed by atoms with Gasteiger partial charge in [-0.25, -0.2) is 17.8 Å². The maximum Gasteiger partial charge on any atom is 0.416 e. The van der Waals surface area contributed by atoms with E-state index < -0.39 is 56.2 Å². The molecule has 15 heteroatoms. The molecule has 42 heavy (non-hydrogen) atoms. The van der Waals surface area contributed by atoms with E-state index in [1.165, 1.54) is 39.2 Å². The van der Waals surface area contributed by atoms with E-state index >= 15 is 0 Å². The second-order valence-corrected chi connectivity index (χ2v) is 12.1. The monoisotopic (exact) mass is 616 g/mol. The maximum atomic E-state index is 14.0. The first-order chi connectivity index (χ1) is 19.1. The van der Waals surface area contributed by atoms with Crippen LogP contribution in [-0.4, -0.2) is 41.8 Å². The summed E-state index contributed by atoms with van der Waals surface area (Å²) in [6.45, 7) is 3.92. The highest BCUT2D eigenvalue weighted by molar-refractivity contribution is 7.89.